The minimum absolute atomic E-state index is 0.145. The van der Waals surface area contributed by atoms with Crippen molar-refractivity contribution in [2.24, 2.45) is 0 Å². The van der Waals surface area contributed by atoms with Gasteiger partial charge in [-0.15, -0.1) is 0 Å². The predicted molar refractivity (Wildman–Crippen MR) is 82.8 cm³/mol. The van der Waals surface area contributed by atoms with Gasteiger partial charge in [-0.1, -0.05) is 6.92 Å². The molecule has 8 heteroatoms. The predicted octanol–water partition coefficient (Wildman–Crippen LogP) is 0.684. The van der Waals surface area contributed by atoms with Crippen molar-refractivity contribution in [2.45, 2.75) is 39.9 Å². The third-order valence-corrected chi connectivity index (χ3v) is 3.69. The Morgan fingerprint density at radius 3 is 2.70 bits per heavy atom. The Labute approximate surface area is 129 Å². The molecule has 2 aromatic heterocycles. The average molecular weight is 389 g/mol. The monoisotopic (exact) mass is 389 g/mol. The van der Waals surface area contributed by atoms with Crippen LogP contribution < -0.4 is 11.2 Å². The van der Waals surface area contributed by atoms with Crippen molar-refractivity contribution in [1.82, 2.24) is 23.9 Å². The first-order valence-electron chi connectivity index (χ1n) is 6.44. The molecule has 20 heavy (non-hydrogen) atoms. The van der Waals surface area contributed by atoms with Crippen molar-refractivity contribution in [2.75, 3.05) is 0 Å². The normalized spacial score (nSPS) is 10.9. The second kappa shape index (κ2) is 6.33. The van der Waals surface area contributed by atoms with Crippen molar-refractivity contribution in [3.8, 4) is 0 Å². The highest BCUT2D eigenvalue weighted by Crippen LogP contribution is 1.99. The van der Waals surface area contributed by atoms with Crippen molar-refractivity contribution >= 4 is 22.6 Å². The SMILES string of the molecule is CCCn1cc(I)c(=O)n(Cc2ncnn2CC)c1=O. The van der Waals surface area contributed by atoms with E-state index in [1.165, 1.54) is 10.9 Å². The quantitative estimate of drug-likeness (QED) is 0.706. The molecular formula is C12H16IN5O2. The van der Waals surface area contributed by atoms with E-state index in [-0.39, 0.29) is 17.8 Å². The van der Waals surface area contributed by atoms with Gasteiger partial charge in [0.25, 0.3) is 5.56 Å². The van der Waals surface area contributed by atoms with Gasteiger partial charge >= 0.3 is 5.69 Å². The minimum atomic E-state index is -0.303. The molecule has 2 rings (SSSR count). The lowest BCUT2D eigenvalue weighted by atomic mass is 10.4. The second-order valence-corrected chi connectivity index (χ2v) is 5.50. The van der Waals surface area contributed by atoms with Crippen molar-refractivity contribution < 1.29 is 0 Å². The number of hydrogen-bond acceptors (Lipinski definition) is 4. The molecule has 0 aliphatic heterocycles. The molecule has 7 nitrogen and oxygen atoms in total. The van der Waals surface area contributed by atoms with Crippen molar-refractivity contribution in [3.63, 3.8) is 0 Å². The Morgan fingerprint density at radius 2 is 2.05 bits per heavy atom. The maximum absolute atomic E-state index is 12.3. The molecule has 0 bridgehead atoms. The lowest BCUT2D eigenvalue weighted by molar-refractivity contribution is 0.533. The second-order valence-electron chi connectivity index (χ2n) is 4.34. The first kappa shape index (κ1) is 14.9. The number of nitrogens with zero attached hydrogens (tertiary/aromatic N) is 5. The van der Waals surface area contributed by atoms with Gasteiger partial charge in [0.2, 0.25) is 0 Å². The van der Waals surface area contributed by atoms with E-state index < -0.39 is 0 Å². The van der Waals surface area contributed by atoms with Gasteiger partial charge in [-0.25, -0.2) is 14.5 Å². The van der Waals surface area contributed by atoms with E-state index in [0.717, 1.165) is 6.42 Å². The van der Waals surface area contributed by atoms with Crippen LogP contribution in [0.3, 0.4) is 0 Å². The summed E-state index contributed by atoms with van der Waals surface area (Å²) in [7, 11) is 0. The smallest absolute Gasteiger partial charge is 0.299 e. The van der Waals surface area contributed by atoms with Gasteiger partial charge in [-0.05, 0) is 35.9 Å². The van der Waals surface area contributed by atoms with Crippen LogP contribution in [0.5, 0.6) is 0 Å². The highest BCUT2D eigenvalue weighted by Gasteiger charge is 2.12. The van der Waals surface area contributed by atoms with Crippen LogP contribution in [0, 0.1) is 3.57 Å². The Hall–Kier alpha value is -1.45. The van der Waals surface area contributed by atoms with Gasteiger partial charge < -0.3 is 0 Å². The van der Waals surface area contributed by atoms with E-state index in [2.05, 4.69) is 10.1 Å². The van der Waals surface area contributed by atoms with Crippen LogP contribution in [0.1, 0.15) is 26.1 Å². The van der Waals surface area contributed by atoms with Gasteiger partial charge in [0.15, 0.2) is 0 Å². The molecule has 0 amide bonds. The number of halogens is 1. The maximum Gasteiger partial charge on any atom is 0.331 e. The number of aryl methyl sites for hydroxylation is 2. The third kappa shape index (κ3) is 2.84. The van der Waals surface area contributed by atoms with Crippen LogP contribution in [0.25, 0.3) is 0 Å². The molecule has 0 radical (unpaired) electrons. The molecule has 108 valence electrons. The molecule has 0 aliphatic rings. The fourth-order valence-corrected chi connectivity index (χ4v) is 2.60. The summed E-state index contributed by atoms with van der Waals surface area (Å²) in [5.74, 6) is 0.608. The van der Waals surface area contributed by atoms with Crippen molar-refractivity contribution in [3.05, 3.63) is 42.8 Å². The minimum Gasteiger partial charge on any atom is -0.299 e. The summed E-state index contributed by atoms with van der Waals surface area (Å²) >= 11 is 1.96. The van der Waals surface area contributed by atoms with Crippen molar-refractivity contribution in [1.29, 1.82) is 0 Å². The van der Waals surface area contributed by atoms with Crippen LogP contribution in [-0.2, 0) is 19.6 Å². The maximum atomic E-state index is 12.3. The number of hydrogen-bond donors (Lipinski definition) is 0. The Kier molecular flexibility index (Phi) is 4.73. The summed E-state index contributed by atoms with van der Waals surface area (Å²) in [5, 5.41) is 4.05. The standard InChI is InChI=1S/C12H16IN5O2/c1-3-5-16-6-9(13)11(19)17(12(16)20)7-10-14-8-15-18(10)4-2/h6,8H,3-5,7H2,1-2H3. The highest BCUT2D eigenvalue weighted by atomic mass is 127. The topological polar surface area (TPSA) is 74.7 Å². The molecule has 0 unspecified atom stereocenters. The third-order valence-electron chi connectivity index (χ3n) is 2.95. The van der Waals surface area contributed by atoms with E-state index in [9.17, 15) is 9.59 Å². The lowest BCUT2D eigenvalue weighted by Gasteiger charge is -2.10. The zero-order chi connectivity index (χ0) is 14.7. The first-order chi connectivity index (χ1) is 9.58. The van der Waals surface area contributed by atoms with E-state index in [0.29, 0.717) is 22.5 Å². The molecule has 2 heterocycles. The Bertz CT molecular complexity index is 715. The molecule has 0 N–H and O–H groups in total. The summed E-state index contributed by atoms with van der Waals surface area (Å²) in [5.41, 5.74) is -0.587. The first-order valence-corrected chi connectivity index (χ1v) is 7.52. The molecular weight excluding hydrogens is 373 g/mol. The molecule has 0 spiro atoms. The highest BCUT2D eigenvalue weighted by molar-refractivity contribution is 14.1. The zero-order valence-electron chi connectivity index (χ0n) is 11.4. The number of rotatable bonds is 5. The summed E-state index contributed by atoms with van der Waals surface area (Å²) in [6.45, 7) is 5.31. The van der Waals surface area contributed by atoms with Gasteiger partial charge in [0.05, 0.1) is 10.1 Å². The molecule has 0 saturated carbocycles. The van der Waals surface area contributed by atoms with Crippen LogP contribution in [0.4, 0.5) is 0 Å². The molecule has 0 atom stereocenters. The van der Waals surface area contributed by atoms with E-state index in [1.54, 1.807) is 15.4 Å². The summed E-state index contributed by atoms with van der Waals surface area (Å²) in [6, 6.07) is 0. The molecule has 0 aromatic carbocycles. The van der Waals surface area contributed by atoms with Gasteiger partial charge in [0.1, 0.15) is 12.2 Å². The lowest BCUT2D eigenvalue weighted by Crippen LogP contribution is -2.41. The van der Waals surface area contributed by atoms with Crippen LogP contribution in [-0.4, -0.2) is 23.9 Å². The van der Waals surface area contributed by atoms with E-state index in [1.807, 2.05) is 36.4 Å². The van der Waals surface area contributed by atoms with Gasteiger partial charge in [-0.3, -0.25) is 13.9 Å². The number of aromatic nitrogens is 5. The Morgan fingerprint density at radius 1 is 1.30 bits per heavy atom. The summed E-state index contributed by atoms with van der Waals surface area (Å²) < 4.78 is 4.98. The summed E-state index contributed by atoms with van der Waals surface area (Å²) in [4.78, 5) is 28.6. The van der Waals surface area contributed by atoms with E-state index >= 15 is 0 Å². The van der Waals surface area contributed by atoms with Crippen LogP contribution in [0.2, 0.25) is 0 Å². The van der Waals surface area contributed by atoms with Gasteiger partial charge in [0, 0.05) is 19.3 Å². The average Bonchev–Trinajstić information content (AvgIpc) is 2.88. The molecule has 0 aliphatic carbocycles. The van der Waals surface area contributed by atoms with Crippen LogP contribution in [0.15, 0.2) is 22.1 Å². The Balaban J connectivity index is 2.51. The molecule has 2 aromatic rings. The van der Waals surface area contributed by atoms with E-state index in [4.69, 9.17) is 0 Å². The largest absolute Gasteiger partial charge is 0.331 e. The van der Waals surface area contributed by atoms with Crippen LogP contribution >= 0.6 is 22.6 Å². The zero-order valence-corrected chi connectivity index (χ0v) is 13.6. The molecule has 0 saturated heterocycles. The fraction of sp³-hybridized carbons (Fsp3) is 0.500. The summed E-state index contributed by atoms with van der Waals surface area (Å²) in [6.07, 6.45) is 3.87. The van der Waals surface area contributed by atoms with Gasteiger partial charge in [-0.2, -0.15) is 5.10 Å². The molecule has 0 fully saturated rings. The fourth-order valence-electron chi connectivity index (χ4n) is 1.97.